The fourth-order valence-electron chi connectivity index (χ4n) is 7.58. The van der Waals surface area contributed by atoms with E-state index in [0.717, 1.165) is 42.9 Å². The molecule has 0 bridgehead atoms. The second-order valence-corrected chi connectivity index (χ2v) is 16.5. The van der Waals surface area contributed by atoms with Gasteiger partial charge in [0.25, 0.3) is 5.92 Å². The van der Waals surface area contributed by atoms with Crippen molar-refractivity contribution in [2.75, 3.05) is 57.8 Å². The Labute approximate surface area is 271 Å². The minimum absolute atomic E-state index is 0.00559. The molecule has 2 aromatic rings. The van der Waals surface area contributed by atoms with Gasteiger partial charge in [-0.05, 0) is 36.8 Å². The minimum Gasteiger partial charge on any atom is -0.390 e. The average molecular weight is 692 g/mol. The lowest BCUT2D eigenvalue weighted by Crippen LogP contribution is -2.40. The van der Waals surface area contributed by atoms with E-state index >= 15 is 0 Å². The summed E-state index contributed by atoms with van der Waals surface area (Å²) in [5, 5.41) is 15.9. The summed E-state index contributed by atoms with van der Waals surface area (Å²) in [5.74, 6) is -1.03. The van der Waals surface area contributed by atoms with Crippen LogP contribution in [0.4, 0.5) is 22.0 Å². The second kappa shape index (κ2) is 13.3. The van der Waals surface area contributed by atoms with Crippen LogP contribution in [0.15, 0.2) is 23.1 Å². The molecule has 1 aromatic carbocycles. The quantitative estimate of drug-likeness (QED) is 0.283. The Morgan fingerprint density at radius 3 is 2.41 bits per heavy atom. The third kappa shape index (κ3) is 7.75. The first-order valence-corrected chi connectivity index (χ1v) is 18.9. The second-order valence-electron chi connectivity index (χ2n) is 13.4. The lowest BCUT2D eigenvalue weighted by molar-refractivity contribution is -0.139. The van der Waals surface area contributed by atoms with Crippen molar-refractivity contribution in [1.82, 2.24) is 23.9 Å². The summed E-state index contributed by atoms with van der Waals surface area (Å²) < 4.78 is 97.3. The zero-order valence-electron chi connectivity index (χ0n) is 26.0. The highest BCUT2D eigenvalue weighted by Crippen LogP contribution is 2.41. The van der Waals surface area contributed by atoms with Crippen molar-refractivity contribution >= 4 is 21.8 Å². The zero-order chi connectivity index (χ0) is 32.9. The Bertz CT molecular complexity index is 1500. The topological polar surface area (TPSA) is 81.9 Å². The van der Waals surface area contributed by atoms with Crippen molar-refractivity contribution in [3.8, 4) is 11.3 Å². The van der Waals surface area contributed by atoms with Crippen molar-refractivity contribution in [3.63, 3.8) is 0 Å². The monoisotopic (exact) mass is 691 g/mol. The Balaban J connectivity index is 1.24. The molecule has 46 heavy (non-hydrogen) atoms. The number of hydrogen-bond donors (Lipinski definition) is 1. The Hall–Kier alpha value is -1.78. The van der Waals surface area contributed by atoms with E-state index in [-0.39, 0.29) is 56.2 Å². The number of halogens is 5. The molecule has 8 nitrogen and oxygen atoms in total. The van der Waals surface area contributed by atoms with Crippen LogP contribution >= 0.6 is 11.8 Å². The molecule has 0 amide bonds. The number of rotatable bonds is 10. The SMILES string of the molecule is CS(=O)(=O)N1CCc2c(c(-c3ccc(C(F)(F)F)c(SCCN4CCC(F)(F)CC4)c3)nn2C[C@@H](O)CN2CC3CCCC3C2)C1. The molecule has 0 radical (unpaired) electrons. The smallest absolute Gasteiger partial charge is 0.390 e. The van der Waals surface area contributed by atoms with Gasteiger partial charge < -0.3 is 14.9 Å². The van der Waals surface area contributed by atoms with E-state index in [1.165, 1.54) is 35.7 Å². The maximum absolute atomic E-state index is 14.1. The number of aliphatic hydroxyl groups is 1. The molecule has 1 saturated carbocycles. The normalized spacial score (nSPS) is 25.1. The van der Waals surface area contributed by atoms with Gasteiger partial charge in [-0.25, -0.2) is 17.2 Å². The number of sulfonamides is 1. The van der Waals surface area contributed by atoms with Crippen molar-refractivity contribution in [2.24, 2.45) is 11.8 Å². The molecule has 2 saturated heterocycles. The van der Waals surface area contributed by atoms with Crippen LogP contribution in [0.2, 0.25) is 0 Å². The summed E-state index contributed by atoms with van der Waals surface area (Å²) in [7, 11) is -3.53. The maximum Gasteiger partial charge on any atom is 0.417 e. The fourth-order valence-corrected chi connectivity index (χ4v) is 9.49. The van der Waals surface area contributed by atoms with Gasteiger partial charge in [0.1, 0.15) is 0 Å². The van der Waals surface area contributed by atoms with Gasteiger partial charge in [-0.2, -0.15) is 22.6 Å². The van der Waals surface area contributed by atoms with E-state index < -0.39 is 33.8 Å². The number of fused-ring (bicyclic) bond motifs is 2. The van der Waals surface area contributed by atoms with E-state index in [1.807, 2.05) is 4.90 Å². The molecular formula is C31H42F5N5O3S2. The van der Waals surface area contributed by atoms with Crippen molar-refractivity contribution in [2.45, 2.75) is 74.7 Å². The van der Waals surface area contributed by atoms with Crippen LogP contribution in [0.1, 0.15) is 48.9 Å². The number of nitrogens with zero attached hydrogens (tertiary/aromatic N) is 5. The molecule has 3 aliphatic heterocycles. The highest BCUT2D eigenvalue weighted by molar-refractivity contribution is 7.99. The first kappa shape index (κ1) is 34.1. The summed E-state index contributed by atoms with van der Waals surface area (Å²) in [5.41, 5.74) is 1.46. The number of thioether (sulfide) groups is 1. The molecule has 4 aliphatic rings. The van der Waals surface area contributed by atoms with Crippen LogP contribution in [0.3, 0.4) is 0 Å². The molecule has 256 valence electrons. The van der Waals surface area contributed by atoms with Gasteiger partial charge in [0, 0.05) is 99.1 Å². The van der Waals surface area contributed by atoms with Gasteiger partial charge in [-0.15, -0.1) is 11.8 Å². The summed E-state index contributed by atoms with van der Waals surface area (Å²) >= 11 is 1.02. The zero-order valence-corrected chi connectivity index (χ0v) is 27.6. The fraction of sp³-hybridized carbons (Fsp3) is 0.710. The molecule has 3 fully saturated rings. The number of likely N-dealkylation sites (tertiary alicyclic amines) is 2. The average Bonchev–Trinajstić information content (AvgIpc) is 3.66. The number of hydrogen-bond acceptors (Lipinski definition) is 7. The van der Waals surface area contributed by atoms with Crippen molar-refractivity contribution < 1.29 is 35.5 Å². The van der Waals surface area contributed by atoms with Crippen LogP contribution in [0, 0.1) is 11.8 Å². The van der Waals surface area contributed by atoms with Crippen molar-refractivity contribution in [3.05, 3.63) is 35.0 Å². The van der Waals surface area contributed by atoms with Crippen LogP contribution in [0.25, 0.3) is 11.3 Å². The van der Waals surface area contributed by atoms with Gasteiger partial charge >= 0.3 is 6.18 Å². The van der Waals surface area contributed by atoms with Gasteiger partial charge in [0.05, 0.1) is 30.2 Å². The van der Waals surface area contributed by atoms with Gasteiger partial charge in [0.15, 0.2) is 0 Å². The highest BCUT2D eigenvalue weighted by atomic mass is 32.2. The van der Waals surface area contributed by atoms with Gasteiger partial charge in [0.2, 0.25) is 10.0 Å². The van der Waals surface area contributed by atoms with Gasteiger partial charge in [-0.3, -0.25) is 4.68 Å². The third-order valence-corrected chi connectivity index (χ3v) is 12.3. The lowest BCUT2D eigenvalue weighted by atomic mass is 10.0. The van der Waals surface area contributed by atoms with E-state index in [2.05, 4.69) is 4.90 Å². The maximum atomic E-state index is 14.1. The Kier molecular flexibility index (Phi) is 9.83. The molecule has 4 heterocycles. The standard InChI is InChI=1S/C31H42F5N5O3S2/c1-46(43,44)40-10-7-27-25(20-40)29(37-41(27)19-24(42)18-39-16-22-3-2-4-23(22)17-39)21-5-6-26(31(34,35)36)28(15-21)45-14-13-38-11-8-30(32,33)9-12-38/h5-6,15,22-24,42H,2-4,7-14,16-20H2,1H3/t22?,23?,24-/m0/s1. The summed E-state index contributed by atoms with van der Waals surface area (Å²) in [6.07, 6.45) is -0.595. The molecule has 1 aromatic heterocycles. The molecule has 1 N–H and O–H groups in total. The van der Waals surface area contributed by atoms with E-state index in [4.69, 9.17) is 5.10 Å². The number of aromatic nitrogens is 2. The van der Waals surface area contributed by atoms with Crippen LogP contribution in [0.5, 0.6) is 0 Å². The number of piperidine rings is 1. The molecular weight excluding hydrogens is 649 g/mol. The Morgan fingerprint density at radius 2 is 1.76 bits per heavy atom. The molecule has 0 spiro atoms. The molecule has 15 heteroatoms. The first-order chi connectivity index (χ1) is 21.7. The summed E-state index contributed by atoms with van der Waals surface area (Å²) in [4.78, 5) is 4.15. The predicted octanol–water partition coefficient (Wildman–Crippen LogP) is 4.80. The lowest BCUT2D eigenvalue weighted by Gasteiger charge is -2.31. The predicted molar refractivity (Wildman–Crippen MR) is 166 cm³/mol. The molecule has 3 atom stereocenters. The Morgan fingerprint density at radius 1 is 1.07 bits per heavy atom. The minimum atomic E-state index is -4.60. The summed E-state index contributed by atoms with van der Waals surface area (Å²) in [6, 6.07) is 3.84. The number of benzene rings is 1. The molecule has 6 rings (SSSR count). The number of alkyl halides is 5. The van der Waals surface area contributed by atoms with Crippen molar-refractivity contribution in [1.29, 1.82) is 0 Å². The number of aliphatic hydroxyl groups excluding tert-OH is 1. The van der Waals surface area contributed by atoms with E-state index in [0.29, 0.717) is 48.2 Å². The van der Waals surface area contributed by atoms with Crippen LogP contribution in [-0.4, -0.2) is 107 Å². The highest BCUT2D eigenvalue weighted by Gasteiger charge is 2.38. The largest absolute Gasteiger partial charge is 0.417 e. The van der Waals surface area contributed by atoms with Gasteiger partial charge in [-0.1, -0.05) is 12.5 Å². The van der Waals surface area contributed by atoms with Crippen LogP contribution < -0.4 is 0 Å². The summed E-state index contributed by atoms with van der Waals surface area (Å²) in [6.45, 7) is 3.72. The first-order valence-electron chi connectivity index (χ1n) is 16.0. The third-order valence-electron chi connectivity index (χ3n) is 10.0. The number of β-amino-alcohol motifs (C(OH)–C–C–N with tert-alkyl or cyclic N) is 1. The van der Waals surface area contributed by atoms with E-state index in [1.54, 1.807) is 4.68 Å². The molecule has 2 unspecified atom stereocenters. The van der Waals surface area contributed by atoms with Crippen LogP contribution in [-0.2, 0) is 35.7 Å². The molecule has 1 aliphatic carbocycles. The van der Waals surface area contributed by atoms with E-state index in [9.17, 15) is 35.5 Å².